The van der Waals surface area contributed by atoms with Crippen molar-refractivity contribution in [3.8, 4) is 0 Å². The van der Waals surface area contributed by atoms with Crippen LogP contribution in [0.15, 0.2) is 0 Å². The van der Waals surface area contributed by atoms with Crippen LogP contribution in [0.3, 0.4) is 0 Å². The van der Waals surface area contributed by atoms with Crippen molar-refractivity contribution in [3.63, 3.8) is 0 Å². The zero-order valence-corrected chi connectivity index (χ0v) is 11.9. The Labute approximate surface area is 117 Å². The van der Waals surface area contributed by atoms with Crippen molar-refractivity contribution in [1.29, 1.82) is 0 Å². The summed E-state index contributed by atoms with van der Waals surface area (Å²) in [5, 5.41) is 0.0360. The maximum absolute atomic E-state index is 11.9. The molecule has 0 saturated carbocycles. The minimum atomic E-state index is -0.130. The van der Waals surface area contributed by atoms with E-state index < -0.39 is 0 Å². The van der Waals surface area contributed by atoms with E-state index in [-0.39, 0.29) is 27.6 Å². The molecule has 18 heavy (non-hydrogen) atoms. The Morgan fingerprint density at radius 3 is 2.39 bits per heavy atom. The number of ketones is 1. The van der Waals surface area contributed by atoms with Crippen molar-refractivity contribution in [2.24, 2.45) is 0 Å². The maximum Gasteiger partial charge on any atom is 0.185 e. The maximum atomic E-state index is 11.9. The van der Waals surface area contributed by atoms with Gasteiger partial charge in [-0.2, -0.15) is 0 Å². The highest BCUT2D eigenvalue weighted by atomic mass is 35.5. The predicted octanol–water partition coefficient (Wildman–Crippen LogP) is 3.91. The van der Waals surface area contributed by atoms with Crippen LogP contribution in [0.2, 0.25) is 10.3 Å². The molecule has 1 rings (SSSR count). The van der Waals surface area contributed by atoms with E-state index in [2.05, 4.69) is 16.9 Å². The van der Waals surface area contributed by atoms with E-state index in [1.165, 1.54) is 12.8 Å². The molecular formula is C12H17Cl2N3O. The van der Waals surface area contributed by atoms with Gasteiger partial charge in [-0.25, -0.2) is 9.97 Å². The number of halogens is 2. The Kier molecular flexibility index (Phi) is 6.36. The number of nitrogens with zero attached hydrogens (tertiary/aromatic N) is 2. The van der Waals surface area contributed by atoms with E-state index in [0.717, 1.165) is 19.3 Å². The standard InChI is InChI=1S/C12H17Cl2N3O/c1-2-3-4-5-6-7-8(18)9-12(15)17-11(14)10(13)16-9/h2-7H2,1H3,(H2,15,17). The molecule has 6 heteroatoms. The highest BCUT2D eigenvalue weighted by Crippen LogP contribution is 2.21. The first kappa shape index (κ1) is 15.2. The lowest BCUT2D eigenvalue weighted by Crippen LogP contribution is -2.09. The second-order valence-corrected chi connectivity index (χ2v) is 4.84. The van der Waals surface area contributed by atoms with Crippen molar-refractivity contribution in [2.45, 2.75) is 45.4 Å². The first-order chi connectivity index (χ1) is 8.56. The summed E-state index contributed by atoms with van der Waals surface area (Å²) in [6, 6.07) is 0. The van der Waals surface area contributed by atoms with Gasteiger partial charge in [0.2, 0.25) is 0 Å². The van der Waals surface area contributed by atoms with Crippen LogP contribution in [0.4, 0.5) is 5.82 Å². The molecule has 0 aliphatic heterocycles. The quantitative estimate of drug-likeness (QED) is 0.610. The summed E-state index contributed by atoms with van der Waals surface area (Å²) in [7, 11) is 0. The number of hydrogen-bond acceptors (Lipinski definition) is 4. The molecule has 1 aromatic rings. The van der Waals surface area contributed by atoms with Gasteiger partial charge in [-0.3, -0.25) is 4.79 Å². The van der Waals surface area contributed by atoms with Gasteiger partial charge in [0.1, 0.15) is 5.69 Å². The fourth-order valence-electron chi connectivity index (χ4n) is 1.62. The number of Topliss-reactive ketones (excluding diaryl/α,β-unsaturated/α-hetero) is 1. The van der Waals surface area contributed by atoms with Gasteiger partial charge in [-0.15, -0.1) is 0 Å². The largest absolute Gasteiger partial charge is 0.382 e. The average molecular weight is 290 g/mol. The molecule has 0 aliphatic rings. The normalized spacial score (nSPS) is 10.6. The lowest BCUT2D eigenvalue weighted by molar-refractivity contribution is 0.0975. The number of hydrogen-bond donors (Lipinski definition) is 1. The molecule has 1 heterocycles. The molecule has 0 unspecified atom stereocenters. The molecule has 0 bridgehead atoms. The number of nitrogen functional groups attached to an aromatic ring is 1. The topological polar surface area (TPSA) is 68.9 Å². The number of aromatic nitrogens is 2. The minimum absolute atomic E-state index is 0.0141. The van der Waals surface area contributed by atoms with Gasteiger partial charge in [0.05, 0.1) is 0 Å². The smallest absolute Gasteiger partial charge is 0.185 e. The Morgan fingerprint density at radius 1 is 1.11 bits per heavy atom. The summed E-state index contributed by atoms with van der Waals surface area (Å²) >= 11 is 11.4. The summed E-state index contributed by atoms with van der Waals surface area (Å²) in [5.41, 5.74) is 5.73. The van der Waals surface area contributed by atoms with E-state index in [1.807, 2.05) is 0 Å². The van der Waals surface area contributed by atoms with Gasteiger partial charge in [-0.05, 0) is 6.42 Å². The molecule has 0 radical (unpaired) electrons. The third-order valence-corrected chi connectivity index (χ3v) is 3.24. The van der Waals surface area contributed by atoms with Crippen LogP contribution in [0.25, 0.3) is 0 Å². The van der Waals surface area contributed by atoms with E-state index in [4.69, 9.17) is 28.9 Å². The number of unbranched alkanes of at least 4 members (excludes halogenated alkanes) is 4. The lowest BCUT2D eigenvalue weighted by Gasteiger charge is -2.04. The number of carbonyl (C=O) groups is 1. The molecule has 0 fully saturated rings. The number of carbonyl (C=O) groups excluding carboxylic acids is 1. The minimum Gasteiger partial charge on any atom is -0.382 e. The third kappa shape index (κ3) is 4.42. The molecule has 4 nitrogen and oxygen atoms in total. The molecule has 0 atom stereocenters. The fourth-order valence-corrected chi connectivity index (χ4v) is 1.88. The number of anilines is 1. The molecular weight excluding hydrogens is 273 g/mol. The first-order valence-electron chi connectivity index (χ1n) is 6.08. The molecule has 2 N–H and O–H groups in total. The summed E-state index contributed by atoms with van der Waals surface area (Å²) < 4.78 is 0. The second-order valence-electron chi connectivity index (χ2n) is 4.13. The average Bonchev–Trinajstić information content (AvgIpc) is 2.33. The highest BCUT2D eigenvalue weighted by Gasteiger charge is 2.15. The zero-order valence-electron chi connectivity index (χ0n) is 10.4. The van der Waals surface area contributed by atoms with Crippen molar-refractivity contribution in [1.82, 2.24) is 9.97 Å². The molecule has 0 spiro atoms. The van der Waals surface area contributed by atoms with Crippen molar-refractivity contribution >= 4 is 34.8 Å². The molecule has 0 aromatic carbocycles. The summed E-state index contributed by atoms with van der Waals surface area (Å²) in [4.78, 5) is 19.5. The van der Waals surface area contributed by atoms with E-state index in [9.17, 15) is 4.79 Å². The van der Waals surface area contributed by atoms with E-state index in [0.29, 0.717) is 6.42 Å². The zero-order chi connectivity index (χ0) is 13.5. The van der Waals surface area contributed by atoms with Crippen LogP contribution in [0.5, 0.6) is 0 Å². The number of rotatable bonds is 7. The lowest BCUT2D eigenvalue weighted by atomic mass is 10.1. The first-order valence-corrected chi connectivity index (χ1v) is 6.83. The van der Waals surface area contributed by atoms with E-state index >= 15 is 0 Å². The van der Waals surface area contributed by atoms with Crippen LogP contribution in [-0.4, -0.2) is 15.8 Å². The van der Waals surface area contributed by atoms with Gasteiger partial charge in [0.25, 0.3) is 0 Å². The van der Waals surface area contributed by atoms with Crippen molar-refractivity contribution in [3.05, 3.63) is 16.0 Å². The Hall–Kier alpha value is -0.870. The molecule has 0 saturated heterocycles. The van der Waals surface area contributed by atoms with Crippen molar-refractivity contribution in [2.75, 3.05) is 5.73 Å². The van der Waals surface area contributed by atoms with Gasteiger partial charge in [-0.1, -0.05) is 55.8 Å². The van der Waals surface area contributed by atoms with Crippen LogP contribution >= 0.6 is 23.2 Å². The number of nitrogens with two attached hydrogens (primary N) is 1. The van der Waals surface area contributed by atoms with Gasteiger partial charge >= 0.3 is 0 Å². The molecule has 100 valence electrons. The summed E-state index contributed by atoms with van der Waals surface area (Å²) in [6.07, 6.45) is 5.81. The van der Waals surface area contributed by atoms with Gasteiger partial charge < -0.3 is 5.73 Å². The highest BCUT2D eigenvalue weighted by molar-refractivity contribution is 6.40. The van der Waals surface area contributed by atoms with Gasteiger partial charge in [0.15, 0.2) is 21.9 Å². The van der Waals surface area contributed by atoms with E-state index in [1.54, 1.807) is 0 Å². The summed E-state index contributed by atoms with van der Waals surface area (Å²) in [6.45, 7) is 2.15. The Morgan fingerprint density at radius 2 is 1.72 bits per heavy atom. The molecule has 0 amide bonds. The Balaban J connectivity index is 2.54. The third-order valence-electron chi connectivity index (χ3n) is 2.61. The molecule has 1 aromatic heterocycles. The van der Waals surface area contributed by atoms with Gasteiger partial charge in [0, 0.05) is 6.42 Å². The fraction of sp³-hybridized carbons (Fsp3) is 0.583. The van der Waals surface area contributed by atoms with Crippen LogP contribution in [0.1, 0.15) is 55.9 Å². The predicted molar refractivity (Wildman–Crippen MR) is 74.2 cm³/mol. The summed E-state index contributed by atoms with van der Waals surface area (Å²) in [5.74, 6) is -0.0852. The SMILES string of the molecule is CCCCCCCC(=O)c1nc(Cl)c(Cl)nc1N. The molecule has 0 aliphatic carbocycles. The van der Waals surface area contributed by atoms with Crippen molar-refractivity contribution < 1.29 is 4.79 Å². The second kappa shape index (κ2) is 7.54. The van der Waals surface area contributed by atoms with Crippen LogP contribution < -0.4 is 5.73 Å². The van der Waals surface area contributed by atoms with Crippen LogP contribution in [0, 0.1) is 0 Å². The Bertz CT molecular complexity index is 424. The van der Waals surface area contributed by atoms with Crippen LogP contribution in [-0.2, 0) is 0 Å². The monoisotopic (exact) mass is 289 g/mol.